The van der Waals surface area contributed by atoms with E-state index in [1.165, 1.54) is 16.1 Å². The molecule has 2 aromatic rings. The quantitative estimate of drug-likeness (QED) is 0.753. The molecule has 0 saturated heterocycles. The Kier molecular flexibility index (Phi) is 7.02. The predicted molar refractivity (Wildman–Crippen MR) is 110 cm³/mol. The van der Waals surface area contributed by atoms with Crippen LogP contribution in [0.15, 0.2) is 42.5 Å². The van der Waals surface area contributed by atoms with Crippen molar-refractivity contribution in [1.29, 1.82) is 0 Å². The van der Waals surface area contributed by atoms with E-state index < -0.39 is 10.0 Å². The summed E-state index contributed by atoms with van der Waals surface area (Å²) in [5.41, 5.74) is 5.01. The molecule has 0 heterocycles. The topological polar surface area (TPSA) is 66.5 Å². The van der Waals surface area contributed by atoms with Gasteiger partial charge in [0.25, 0.3) is 0 Å². The maximum atomic E-state index is 12.2. The molecule has 1 N–H and O–H groups in total. The molecule has 0 atom stereocenters. The number of rotatable bonds is 8. The Bertz CT molecular complexity index is 890. The Balaban J connectivity index is 1.90. The number of carbonyl (C=O) groups excluding carboxylic acids is 1. The largest absolute Gasteiger partial charge is 0.352 e. The van der Waals surface area contributed by atoms with Crippen LogP contribution < -0.4 is 9.62 Å². The van der Waals surface area contributed by atoms with E-state index >= 15 is 0 Å². The van der Waals surface area contributed by atoms with E-state index in [1.54, 1.807) is 6.07 Å². The first-order valence-electron chi connectivity index (χ1n) is 9.04. The van der Waals surface area contributed by atoms with Gasteiger partial charge in [-0.2, -0.15) is 0 Å². The molecular formula is C21H28N2O3S. The molecule has 2 aromatic carbocycles. The molecule has 0 spiro atoms. The highest BCUT2D eigenvalue weighted by molar-refractivity contribution is 7.92. The molecule has 2 rings (SSSR count). The third-order valence-electron chi connectivity index (χ3n) is 4.55. The van der Waals surface area contributed by atoms with Crippen LogP contribution in [-0.2, 0) is 21.4 Å². The molecule has 0 aromatic heterocycles. The van der Waals surface area contributed by atoms with Crippen LogP contribution in [0.1, 0.15) is 35.1 Å². The lowest BCUT2D eigenvalue weighted by Gasteiger charge is -2.23. The Morgan fingerprint density at radius 2 is 1.67 bits per heavy atom. The molecule has 0 fully saturated rings. The second kappa shape index (κ2) is 9.04. The van der Waals surface area contributed by atoms with Gasteiger partial charge in [-0.05, 0) is 56.0 Å². The summed E-state index contributed by atoms with van der Waals surface area (Å²) in [4.78, 5) is 12.1. The van der Waals surface area contributed by atoms with Crippen LogP contribution in [-0.4, -0.2) is 27.1 Å². The van der Waals surface area contributed by atoms with Crippen LogP contribution in [0.5, 0.6) is 0 Å². The van der Waals surface area contributed by atoms with Crippen molar-refractivity contribution in [3.63, 3.8) is 0 Å². The molecule has 6 heteroatoms. The van der Waals surface area contributed by atoms with E-state index in [0.717, 1.165) is 16.7 Å². The molecule has 0 aliphatic rings. The van der Waals surface area contributed by atoms with Crippen LogP contribution >= 0.6 is 0 Å². The van der Waals surface area contributed by atoms with Gasteiger partial charge in [0.1, 0.15) is 0 Å². The number of hydrogen-bond acceptors (Lipinski definition) is 3. The number of sulfonamides is 1. The normalized spacial score (nSPS) is 11.3. The van der Waals surface area contributed by atoms with Gasteiger partial charge in [-0.1, -0.05) is 35.9 Å². The molecule has 1 amide bonds. The second-order valence-corrected chi connectivity index (χ2v) is 8.88. The van der Waals surface area contributed by atoms with Crippen molar-refractivity contribution in [2.75, 3.05) is 17.1 Å². The van der Waals surface area contributed by atoms with E-state index in [-0.39, 0.29) is 18.9 Å². The van der Waals surface area contributed by atoms with E-state index in [1.807, 2.05) is 57.2 Å². The first-order chi connectivity index (χ1) is 12.7. The van der Waals surface area contributed by atoms with Crippen molar-refractivity contribution < 1.29 is 13.2 Å². The molecule has 0 radical (unpaired) electrons. The van der Waals surface area contributed by atoms with E-state index in [4.69, 9.17) is 0 Å². The number of amides is 1. The van der Waals surface area contributed by atoms with Crippen LogP contribution in [0.4, 0.5) is 5.69 Å². The summed E-state index contributed by atoms with van der Waals surface area (Å²) in [5.74, 6) is -0.0795. The van der Waals surface area contributed by atoms with Crippen molar-refractivity contribution in [2.24, 2.45) is 0 Å². The molecular weight excluding hydrogens is 360 g/mol. The molecule has 27 heavy (non-hydrogen) atoms. The average molecular weight is 389 g/mol. The number of aryl methyl sites for hydroxylation is 3. The highest BCUT2D eigenvalue weighted by atomic mass is 32.2. The SMILES string of the molecule is Cc1ccc(CNC(=O)CCCN(c2ccc(C)c(C)c2)S(C)(=O)=O)cc1. The van der Waals surface area contributed by atoms with Gasteiger partial charge >= 0.3 is 0 Å². The van der Waals surface area contributed by atoms with Gasteiger partial charge in [0, 0.05) is 19.5 Å². The number of benzene rings is 2. The highest BCUT2D eigenvalue weighted by Gasteiger charge is 2.18. The van der Waals surface area contributed by atoms with Crippen molar-refractivity contribution in [2.45, 2.75) is 40.2 Å². The maximum absolute atomic E-state index is 12.2. The molecule has 0 unspecified atom stereocenters. The fraction of sp³-hybridized carbons (Fsp3) is 0.381. The summed E-state index contributed by atoms with van der Waals surface area (Å²) in [5, 5.41) is 2.88. The number of anilines is 1. The molecule has 5 nitrogen and oxygen atoms in total. The Morgan fingerprint density at radius 1 is 1.00 bits per heavy atom. The number of nitrogens with one attached hydrogen (secondary N) is 1. The lowest BCUT2D eigenvalue weighted by atomic mass is 10.1. The van der Waals surface area contributed by atoms with E-state index in [2.05, 4.69) is 5.32 Å². The van der Waals surface area contributed by atoms with Gasteiger partial charge in [-0.15, -0.1) is 0 Å². The zero-order chi connectivity index (χ0) is 20.0. The van der Waals surface area contributed by atoms with Crippen molar-refractivity contribution in [3.05, 3.63) is 64.7 Å². The van der Waals surface area contributed by atoms with Crippen molar-refractivity contribution in [3.8, 4) is 0 Å². The molecule has 0 aliphatic heterocycles. The molecule has 0 saturated carbocycles. The van der Waals surface area contributed by atoms with Crippen LogP contribution in [0.3, 0.4) is 0 Å². The van der Waals surface area contributed by atoms with Crippen molar-refractivity contribution in [1.82, 2.24) is 5.32 Å². The zero-order valence-electron chi connectivity index (χ0n) is 16.5. The predicted octanol–water partition coefficient (Wildman–Crippen LogP) is 3.47. The van der Waals surface area contributed by atoms with E-state index in [9.17, 15) is 13.2 Å². The summed E-state index contributed by atoms with van der Waals surface area (Å²) in [6.45, 7) is 6.72. The van der Waals surface area contributed by atoms with Gasteiger partial charge in [0.05, 0.1) is 11.9 Å². The fourth-order valence-corrected chi connectivity index (χ4v) is 3.70. The smallest absolute Gasteiger partial charge is 0.232 e. The van der Waals surface area contributed by atoms with Crippen molar-refractivity contribution >= 4 is 21.6 Å². The summed E-state index contributed by atoms with van der Waals surface area (Å²) in [6, 6.07) is 13.6. The van der Waals surface area contributed by atoms with Gasteiger partial charge in [-0.25, -0.2) is 8.42 Å². The summed E-state index contributed by atoms with van der Waals surface area (Å²) in [6.07, 6.45) is 1.93. The Hall–Kier alpha value is -2.34. The summed E-state index contributed by atoms with van der Waals surface area (Å²) in [7, 11) is -3.40. The molecule has 0 bridgehead atoms. The fourth-order valence-electron chi connectivity index (χ4n) is 2.75. The molecule has 146 valence electrons. The average Bonchev–Trinajstić information content (AvgIpc) is 2.60. The maximum Gasteiger partial charge on any atom is 0.232 e. The minimum absolute atomic E-state index is 0.0795. The van der Waals surface area contributed by atoms with Crippen LogP contribution in [0, 0.1) is 20.8 Å². The minimum atomic E-state index is -3.40. The highest BCUT2D eigenvalue weighted by Crippen LogP contribution is 2.21. The standard InChI is InChI=1S/C21H28N2O3S/c1-16-7-10-19(11-8-16)15-22-21(24)6-5-13-23(27(4,25)26)20-12-9-17(2)18(3)14-20/h7-12,14H,5-6,13,15H2,1-4H3,(H,22,24). The Morgan fingerprint density at radius 3 is 2.26 bits per heavy atom. The summed E-state index contributed by atoms with van der Waals surface area (Å²) < 4.78 is 25.7. The van der Waals surface area contributed by atoms with Crippen LogP contribution in [0.2, 0.25) is 0 Å². The first-order valence-corrected chi connectivity index (χ1v) is 10.9. The minimum Gasteiger partial charge on any atom is -0.352 e. The zero-order valence-corrected chi connectivity index (χ0v) is 17.3. The van der Waals surface area contributed by atoms with Gasteiger partial charge in [-0.3, -0.25) is 9.10 Å². The Labute approximate surface area is 162 Å². The lowest BCUT2D eigenvalue weighted by molar-refractivity contribution is -0.121. The number of nitrogens with zero attached hydrogens (tertiary/aromatic N) is 1. The number of hydrogen-bond donors (Lipinski definition) is 1. The third-order valence-corrected chi connectivity index (χ3v) is 5.75. The molecule has 0 aliphatic carbocycles. The monoisotopic (exact) mass is 388 g/mol. The number of carbonyl (C=O) groups is 1. The van der Waals surface area contributed by atoms with E-state index in [0.29, 0.717) is 18.7 Å². The third kappa shape index (κ3) is 6.40. The first kappa shape index (κ1) is 21.0. The lowest BCUT2D eigenvalue weighted by Crippen LogP contribution is -2.32. The van der Waals surface area contributed by atoms with Gasteiger partial charge < -0.3 is 5.32 Å². The second-order valence-electron chi connectivity index (χ2n) is 6.97. The van der Waals surface area contributed by atoms with Gasteiger partial charge in [0.15, 0.2) is 0 Å². The van der Waals surface area contributed by atoms with Crippen LogP contribution in [0.25, 0.3) is 0 Å². The summed E-state index contributed by atoms with van der Waals surface area (Å²) >= 11 is 0. The van der Waals surface area contributed by atoms with Gasteiger partial charge in [0.2, 0.25) is 15.9 Å².